The highest BCUT2D eigenvalue weighted by Gasteiger charge is 2.30. The van der Waals surface area contributed by atoms with Gasteiger partial charge in [-0.05, 0) is 41.5 Å². The van der Waals surface area contributed by atoms with Crippen LogP contribution in [0.25, 0.3) is 21.6 Å². The summed E-state index contributed by atoms with van der Waals surface area (Å²) >= 11 is 0. The van der Waals surface area contributed by atoms with Gasteiger partial charge in [0.2, 0.25) is 0 Å². The van der Waals surface area contributed by atoms with Gasteiger partial charge < -0.3 is 4.85 Å². The number of benzene rings is 1. The van der Waals surface area contributed by atoms with Gasteiger partial charge in [-0.2, -0.15) is 17.9 Å². The van der Waals surface area contributed by atoms with Crippen molar-refractivity contribution in [1.82, 2.24) is 14.8 Å². The van der Waals surface area contributed by atoms with E-state index in [1.807, 2.05) is 0 Å². The highest BCUT2D eigenvalue weighted by Crippen LogP contribution is 2.31. The van der Waals surface area contributed by atoms with Crippen molar-refractivity contribution in [2.45, 2.75) is 6.18 Å². The summed E-state index contributed by atoms with van der Waals surface area (Å²) in [6.45, 7) is 7.08. The third-order valence-electron chi connectivity index (χ3n) is 2.97. The third kappa shape index (κ3) is 2.21. The van der Waals surface area contributed by atoms with Crippen LogP contribution in [0.4, 0.5) is 19.0 Å². The van der Waals surface area contributed by atoms with Gasteiger partial charge in [-0.15, -0.1) is 0 Å². The number of fused-ring (bicyclic) bond motifs is 1. The maximum Gasteiger partial charge on any atom is 0.416 e. The van der Waals surface area contributed by atoms with Gasteiger partial charge in [-0.25, -0.2) is 0 Å². The molecule has 21 heavy (non-hydrogen) atoms. The molecule has 0 bridgehead atoms. The molecule has 0 atom stereocenters. The molecule has 3 aromatic rings. The van der Waals surface area contributed by atoms with Crippen LogP contribution in [0, 0.1) is 6.57 Å². The minimum absolute atomic E-state index is 0.116. The Labute approximate surface area is 117 Å². The molecule has 0 spiro atoms. The zero-order valence-corrected chi connectivity index (χ0v) is 10.5. The first kappa shape index (κ1) is 13.1. The lowest BCUT2D eigenvalue weighted by atomic mass is 10.2. The first-order chi connectivity index (χ1) is 10.0. The molecule has 104 valence electrons. The summed E-state index contributed by atoms with van der Waals surface area (Å²) < 4.78 is 39.1. The van der Waals surface area contributed by atoms with Crippen LogP contribution in [0.2, 0.25) is 0 Å². The van der Waals surface area contributed by atoms with Crippen LogP contribution in [0.1, 0.15) is 5.56 Å². The molecular formula is C14H7F3N4. The van der Waals surface area contributed by atoms with Crippen molar-refractivity contribution in [3.8, 4) is 5.69 Å². The van der Waals surface area contributed by atoms with Gasteiger partial charge >= 0.3 is 12.0 Å². The smallest absolute Gasteiger partial charge is 0.357 e. The molecule has 0 radical (unpaired) electrons. The third-order valence-corrected chi connectivity index (χ3v) is 2.97. The van der Waals surface area contributed by atoms with Crippen LogP contribution in [0.15, 0.2) is 42.6 Å². The minimum atomic E-state index is -4.38. The molecule has 0 fully saturated rings. The van der Waals surface area contributed by atoms with E-state index in [1.54, 1.807) is 12.1 Å². The van der Waals surface area contributed by atoms with Crippen molar-refractivity contribution in [2.75, 3.05) is 0 Å². The predicted molar refractivity (Wildman–Crippen MR) is 70.1 cm³/mol. The van der Waals surface area contributed by atoms with Crippen LogP contribution in [0.5, 0.6) is 0 Å². The molecule has 0 aliphatic heterocycles. The molecule has 0 N–H and O–H groups in total. The van der Waals surface area contributed by atoms with Crippen molar-refractivity contribution in [3.05, 3.63) is 59.6 Å². The molecule has 2 aromatic heterocycles. The van der Waals surface area contributed by atoms with Crippen molar-refractivity contribution < 1.29 is 13.2 Å². The summed E-state index contributed by atoms with van der Waals surface area (Å²) in [5, 5.41) is 4.09. The molecule has 1 aromatic carbocycles. The van der Waals surface area contributed by atoms with E-state index in [9.17, 15) is 13.2 Å². The average Bonchev–Trinajstić information content (AvgIpc) is 2.85. The van der Waals surface area contributed by atoms with Gasteiger partial charge in [0.25, 0.3) is 0 Å². The SMILES string of the molecule is [C-]#[N+]c1nn(-c2ccc(C(F)(F)F)cc2)c2cccnc12. The number of halogens is 3. The molecule has 0 saturated carbocycles. The number of hydrogen-bond donors (Lipinski definition) is 0. The number of nitrogens with zero attached hydrogens (tertiary/aromatic N) is 4. The molecule has 3 rings (SSSR count). The zero-order valence-electron chi connectivity index (χ0n) is 10.5. The van der Waals surface area contributed by atoms with E-state index in [1.165, 1.54) is 23.0 Å². The van der Waals surface area contributed by atoms with Crippen LogP contribution in [0.3, 0.4) is 0 Å². The number of hydrogen-bond acceptors (Lipinski definition) is 2. The molecule has 0 amide bonds. The van der Waals surface area contributed by atoms with Gasteiger partial charge in [0.05, 0.1) is 11.3 Å². The fourth-order valence-electron chi connectivity index (χ4n) is 2.00. The van der Waals surface area contributed by atoms with Crippen LogP contribution < -0.4 is 0 Å². The average molecular weight is 288 g/mol. The van der Waals surface area contributed by atoms with Gasteiger partial charge in [-0.1, -0.05) is 6.57 Å². The highest BCUT2D eigenvalue weighted by atomic mass is 19.4. The lowest BCUT2D eigenvalue weighted by Crippen LogP contribution is -2.05. The van der Waals surface area contributed by atoms with Gasteiger partial charge in [0.1, 0.15) is 11.0 Å². The van der Waals surface area contributed by atoms with E-state index in [-0.39, 0.29) is 5.82 Å². The number of rotatable bonds is 1. The second-order valence-electron chi connectivity index (χ2n) is 4.26. The van der Waals surface area contributed by atoms with Crippen LogP contribution in [-0.2, 0) is 6.18 Å². The van der Waals surface area contributed by atoms with Crippen molar-refractivity contribution in [1.29, 1.82) is 0 Å². The molecule has 0 unspecified atom stereocenters. The molecule has 4 nitrogen and oxygen atoms in total. The summed E-state index contributed by atoms with van der Waals surface area (Å²) in [6.07, 6.45) is -2.84. The Kier molecular flexibility index (Phi) is 2.87. The largest absolute Gasteiger partial charge is 0.416 e. The Morgan fingerprint density at radius 1 is 1.10 bits per heavy atom. The zero-order chi connectivity index (χ0) is 15.0. The highest BCUT2D eigenvalue weighted by molar-refractivity contribution is 5.87. The Hall–Kier alpha value is -2.88. The molecule has 0 saturated heterocycles. The lowest BCUT2D eigenvalue weighted by molar-refractivity contribution is -0.137. The van der Waals surface area contributed by atoms with Gasteiger partial charge in [0, 0.05) is 6.20 Å². The Morgan fingerprint density at radius 2 is 1.81 bits per heavy atom. The summed E-state index contributed by atoms with van der Waals surface area (Å²) in [4.78, 5) is 7.36. The van der Waals surface area contributed by atoms with Crippen LogP contribution >= 0.6 is 0 Å². The standard InChI is InChI=1S/C14H7F3N4/c1-18-13-12-11(3-2-8-19-12)21(20-13)10-6-4-9(5-7-10)14(15,16)17/h2-8H. The first-order valence-corrected chi connectivity index (χ1v) is 5.89. The second-order valence-corrected chi connectivity index (χ2v) is 4.26. The molecule has 7 heteroatoms. The summed E-state index contributed by atoms with van der Waals surface area (Å²) in [7, 11) is 0. The van der Waals surface area contributed by atoms with Gasteiger partial charge in [0.15, 0.2) is 0 Å². The van der Waals surface area contributed by atoms with E-state index in [2.05, 4.69) is 14.9 Å². The summed E-state index contributed by atoms with van der Waals surface area (Å²) in [5.74, 6) is 0.116. The number of alkyl halides is 3. The molecule has 2 heterocycles. The lowest BCUT2D eigenvalue weighted by Gasteiger charge is -2.07. The summed E-state index contributed by atoms with van der Waals surface area (Å²) in [6, 6.07) is 7.99. The van der Waals surface area contributed by atoms with Crippen molar-refractivity contribution >= 4 is 16.9 Å². The fraction of sp³-hybridized carbons (Fsp3) is 0.0714. The Balaban J connectivity index is 2.15. The number of aromatic nitrogens is 3. The summed E-state index contributed by atoms with van der Waals surface area (Å²) in [5.41, 5.74) is 0.706. The minimum Gasteiger partial charge on any atom is -0.357 e. The van der Waals surface area contributed by atoms with Crippen molar-refractivity contribution in [2.24, 2.45) is 0 Å². The van der Waals surface area contributed by atoms with Gasteiger partial charge in [-0.3, -0.25) is 4.98 Å². The van der Waals surface area contributed by atoms with Crippen LogP contribution in [-0.4, -0.2) is 14.8 Å². The quantitative estimate of drug-likeness (QED) is 0.635. The maximum absolute atomic E-state index is 12.6. The normalized spacial score (nSPS) is 11.5. The number of pyridine rings is 1. The van der Waals surface area contributed by atoms with E-state index in [0.29, 0.717) is 16.7 Å². The van der Waals surface area contributed by atoms with E-state index in [0.717, 1.165) is 12.1 Å². The molecule has 0 aliphatic carbocycles. The fourth-order valence-corrected chi connectivity index (χ4v) is 2.00. The van der Waals surface area contributed by atoms with Crippen molar-refractivity contribution in [3.63, 3.8) is 0 Å². The first-order valence-electron chi connectivity index (χ1n) is 5.89. The predicted octanol–water partition coefficient (Wildman–Crippen LogP) is 3.99. The maximum atomic E-state index is 12.6. The topological polar surface area (TPSA) is 35.1 Å². The molecule has 0 aliphatic rings. The monoisotopic (exact) mass is 288 g/mol. The van der Waals surface area contributed by atoms with E-state index in [4.69, 9.17) is 6.57 Å². The van der Waals surface area contributed by atoms with E-state index < -0.39 is 11.7 Å². The Morgan fingerprint density at radius 3 is 2.43 bits per heavy atom. The van der Waals surface area contributed by atoms with E-state index >= 15 is 0 Å². The molecular weight excluding hydrogens is 281 g/mol. The Bertz CT molecular complexity index is 841. The second kappa shape index (κ2) is 4.59.